The van der Waals surface area contributed by atoms with Crippen LogP contribution in [0.1, 0.15) is 58.1 Å². The minimum absolute atomic E-state index is 0.0356. The topological polar surface area (TPSA) is 62.3 Å². The quantitative estimate of drug-likeness (QED) is 0.483. The Hall–Kier alpha value is -2.77. The van der Waals surface area contributed by atoms with Crippen LogP contribution < -0.4 is 14.4 Å². The molecule has 0 N–H and O–H groups in total. The SMILES string of the molecule is CC(C)CC(=O)N1CCCN(C(C)C)CCN(C(=O)Cc2ccc3c(c2)OCCCO3)Cc2ccc(Cl)cc21. The first kappa shape index (κ1) is 29.2. The summed E-state index contributed by atoms with van der Waals surface area (Å²) in [6.07, 6.45) is 2.41. The van der Waals surface area contributed by atoms with E-state index in [2.05, 4.69) is 32.6 Å². The van der Waals surface area contributed by atoms with Gasteiger partial charge in [-0.1, -0.05) is 37.6 Å². The predicted molar refractivity (Wildman–Crippen MR) is 156 cm³/mol. The van der Waals surface area contributed by atoms with E-state index in [1.165, 1.54) is 0 Å². The van der Waals surface area contributed by atoms with Gasteiger partial charge in [-0.15, -0.1) is 0 Å². The first-order chi connectivity index (χ1) is 18.7. The van der Waals surface area contributed by atoms with Crippen molar-refractivity contribution in [3.63, 3.8) is 0 Å². The molecule has 7 nitrogen and oxygen atoms in total. The fourth-order valence-corrected chi connectivity index (χ4v) is 5.34. The summed E-state index contributed by atoms with van der Waals surface area (Å²) in [7, 11) is 0. The zero-order valence-electron chi connectivity index (χ0n) is 23.7. The Bertz CT molecular complexity index is 1150. The lowest BCUT2D eigenvalue weighted by Crippen LogP contribution is -2.42. The van der Waals surface area contributed by atoms with E-state index in [0.717, 1.165) is 48.5 Å². The van der Waals surface area contributed by atoms with Gasteiger partial charge in [-0.3, -0.25) is 14.5 Å². The second kappa shape index (κ2) is 13.5. The maximum Gasteiger partial charge on any atom is 0.227 e. The number of hydrogen-bond acceptors (Lipinski definition) is 5. The number of hydrogen-bond donors (Lipinski definition) is 0. The second-order valence-corrected chi connectivity index (χ2v) is 11.7. The lowest BCUT2D eigenvalue weighted by atomic mass is 10.1. The molecule has 4 rings (SSSR count). The van der Waals surface area contributed by atoms with Crippen LogP contribution in [0.5, 0.6) is 11.5 Å². The number of carbonyl (C=O) groups excluding carboxylic acids is 2. The highest BCUT2D eigenvalue weighted by Crippen LogP contribution is 2.32. The molecule has 0 bridgehead atoms. The fourth-order valence-electron chi connectivity index (χ4n) is 5.17. The van der Waals surface area contributed by atoms with Gasteiger partial charge in [-0.05, 0) is 61.6 Å². The van der Waals surface area contributed by atoms with Crippen LogP contribution >= 0.6 is 11.6 Å². The van der Waals surface area contributed by atoms with Gasteiger partial charge >= 0.3 is 0 Å². The van der Waals surface area contributed by atoms with E-state index < -0.39 is 0 Å². The van der Waals surface area contributed by atoms with Gasteiger partial charge in [0.05, 0.1) is 25.3 Å². The van der Waals surface area contributed by atoms with Crippen LogP contribution in [-0.4, -0.2) is 67.0 Å². The van der Waals surface area contributed by atoms with Gasteiger partial charge in [-0.25, -0.2) is 0 Å². The van der Waals surface area contributed by atoms with Crippen molar-refractivity contribution in [2.45, 2.75) is 66.0 Å². The van der Waals surface area contributed by atoms with Crippen LogP contribution in [0.15, 0.2) is 36.4 Å². The van der Waals surface area contributed by atoms with E-state index >= 15 is 0 Å². The van der Waals surface area contributed by atoms with Gasteiger partial charge in [0.25, 0.3) is 0 Å². The minimum atomic E-state index is 0.0356. The normalized spacial score (nSPS) is 17.0. The van der Waals surface area contributed by atoms with E-state index in [4.69, 9.17) is 21.1 Å². The average Bonchev–Trinajstić information content (AvgIpc) is 3.13. The third-order valence-electron chi connectivity index (χ3n) is 7.32. The molecule has 0 saturated heterocycles. The van der Waals surface area contributed by atoms with Crippen molar-refractivity contribution in [3.05, 3.63) is 52.5 Å². The van der Waals surface area contributed by atoms with Gasteiger partial charge in [0.1, 0.15) is 0 Å². The summed E-state index contributed by atoms with van der Waals surface area (Å²) in [5.74, 6) is 1.80. The molecule has 2 amide bonds. The Morgan fingerprint density at radius 2 is 1.64 bits per heavy atom. The van der Waals surface area contributed by atoms with Gasteiger partial charge < -0.3 is 19.3 Å². The Morgan fingerprint density at radius 3 is 2.38 bits per heavy atom. The maximum atomic E-state index is 13.8. The number of ether oxygens (including phenoxy) is 2. The van der Waals surface area contributed by atoms with Crippen molar-refractivity contribution in [3.8, 4) is 11.5 Å². The minimum Gasteiger partial charge on any atom is -0.490 e. The molecule has 0 saturated carbocycles. The largest absolute Gasteiger partial charge is 0.490 e. The summed E-state index contributed by atoms with van der Waals surface area (Å²) in [5, 5.41) is 0.583. The zero-order valence-corrected chi connectivity index (χ0v) is 24.5. The van der Waals surface area contributed by atoms with Crippen molar-refractivity contribution in [1.82, 2.24) is 9.80 Å². The summed E-state index contributed by atoms with van der Waals surface area (Å²) in [5.41, 5.74) is 2.63. The van der Waals surface area contributed by atoms with E-state index in [1.54, 1.807) is 0 Å². The molecule has 0 unspecified atom stereocenters. The third-order valence-corrected chi connectivity index (χ3v) is 7.55. The van der Waals surface area contributed by atoms with Crippen molar-refractivity contribution in [2.75, 3.05) is 44.3 Å². The van der Waals surface area contributed by atoms with Crippen molar-refractivity contribution >= 4 is 29.1 Å². The highest BCUT2D eigenvalue weighted by molar-refractivity contribution is 6.31. The van der Waals surface area contributed by atoms with E-state index in [1.807, 2.05) is 46.2 Å². The van der Waals surface area contributed by atoms with Crippen molar-refractivity contribution in [1.29, 1.82) is 0 Å². The van der Waals surface area contributed by atoms with E-state index in [9.17, 15) is 9.59 Å². The molecular weight excluding hydrogens is 514 g/mol. The van der Waals surface area contributed by atoms with Crippen LogP contribution in [0.25, 0.3) is 0 Å². The van der Waals surface area contributed by atoms with Crippen LogP contribution in [0, 0.1) is 5.92 Å². The number of rotatable bonds is 5. The lowest BCUT2D eigenvalue weighted by Gasteiger charge is -2.30. The third kappa shape index (κ3) is 7.89. The van der Waals surface area contributed by atoms with Crippen molar-refractivity contribution in [2.24, 2.45) is 5.92 Å². The molecule has 2 aliphatic heterocycles. The Morgan fingerprint density at radius 1 is 0.872 bits per heavy atom. The molecule has 0 spiro atoms. The van der Waals surface area contributed by atoms with Crippen LogP contribution in [0.4, 0.5) is 5.69 Å². The molecule has 2 heterocycles. The zero-order chi connectivity index (χ0) is 27.9. The molecule has 8 heteroatoms. The number of benzene rings is 2. The average molecular weight is 556 g/mol. The lowest BCUT2D eigenvalue weighted by molar-refractivity contribution is -0.131. The molecule has 212 valence electrons. The molecule has 0 aliphatic carbocycles. The second-order valence-electron chi connectivity index (χ2n) is 11.2. The molecule has 0 radical (unpaired) electrons. The highest BCUT2D eigenvalue weighted by atomic mass is 35.5. The monoisotopic (exact) mass is 555 g/mol. The smallest absolute Gasteiger partial charge is 0.227 e. The fraction of sp³-hybridized carbons (Fsp3) is 0.548. The van der Waals surface area contributed by atoms with Gasteiger partial charge in [0, 0.05) is 56.6 Å². The molecule has 0 atom stereocenters. The molecule has 2 aliphatic rings. The molecule has 2 aromatic carbocycles. The summed E-state index contributed by atoms with van der Waals surface area (Å²) >= 11 is 6.44. The van der Waals surface area contributed by atoms with Crippen molar-refractivity contribution < 1.29 is 19.1 Å². The number of fused-ring (bicyclic) bond motifs is 2. The van der Waals surface area contributed by atoms with Crippen LogP contribution in [0.3, 0.4) is 0 Å². The standard InChI is InChI=1S/C31H42ClN3O4/c1-22(2)17-31(37)35-12-5-11-33(23(3)4)13-14-34(21-25-8-9-26(32)20-27(25)35)30(36)19-24-7-10-28-29(18-24)39-16-6-15-38-28/h7-10,18,20,22-23H,5-6,11-17,19,21H2,1-4H3. The van der Waals surface area contributed by atoms with E-state index in [-0.39, 0.29) is 24.2 Å². The summed E-state index contributed by atoms with van der Waals surface area (Å²) in [6.45, 7) is 13.0. The summed E-state index contributed by atoms with van der Waals surface area (Å²) < 4.78 is 11.6. The highest BCUT2D eigenvalue weighted by Gasteiger charge is 2.25. The maximum absolute atomic E-state index is 13.8. The number of carbonyl (C=O) groups is 2. The Balaban J connectivity index is 1.64. The van der Waals surface area contributed by atoms with Gasteiger partial charge in [0.15, 0.2) is 11.5 Å². The summed E-state index contributed by atoms with van der Waals surface area (Å²) in [6, 6.07) is 11.8. The predicted octanol–water partition coefficient (Wildman–Crippen LogP) is 5.57. The molecule has 0 fully saturated rings. The molecule has 0 aromatic heterocycles. The molecule has 39 heavy (non-hydrogen) atoms. The summed E-state index contributed by atoms with van der Waals surface area (Å²) in [4.78, 5) is 33.4. The van der Waals surface area contributed by atoms with Crippen LogP contribution in [-0.2, 0) is 22.6 Å². The first-order valence-corrected chi connectivity index (χ1v) is 14.6. The van der Waals surface area contributed by atoms with Crippen LogP contribution in [0.2, 0.25) is 5.02 Å². The van der Waals surface area contributed by atoms with Gasteiger partial charge in [0.2, 0.25) is 11.8 Å². The number of anilines is 1. The Labute approximate surface area is 238 Å². The van der Waals surface area contributed by atoms with Gasteiger partial charge in [-0.2, -0.15) is 0 Å². The van der Waals surface area contributed by atoms with E-state index in [0.29, 0.717) is 56.1 Å². The first-order valence-electron chi connectivity index (χ1n) is 14.2. The Kier molecular flexibility index (Phi) is 10.1. The molecule has 2 aromatic rings. The molecular formula is C31H42ClN3O4. The number of amides is 2. The number of halogens is 1. The number of nitrogens with zero attached hydrogens (tertiary/aromatic N) is 3.